The largest absolute Gasteiger partial charge is 0.126 e. The summed E-state index contributed by atoms with van der Waals surface area (Å²) in [4.78, 5) is 0. The summed E-state index contributed by atoms with van der Waals surface area (Å²) in [5.74, 6) is 1.21. The van der Waals surface area contributed by atoms with Crippen LogP contribution in [0.25, 0.3) is 0 Å². The van der Waals surface area contributed by atoms with Crippen LogP contribution in [0.5, 0.6) is 0 Å². The summed E-state index contributed by atoms with van der Waals surface area (Å²) in [6, 6.07) is 10.3. The average Bonchev–Trinajstić information content (AvgIpc) is 2.19. The molecule has 72 valence electrons. The molecule has 1 rings (SSSR count). The third kappa shape index (κ3) is 3.21. The molecule has 0 unspecified atom stereocenters. The Hall–Kier alpha value is -0.200. The van der Waals surface area contributed by atoms with Crippen LogP contribution in [0.1, 0.15) is 12.5 Å². The van der Waals surface area contributed by atoms with E-state index in [-0.39, 0.29) is 5.41 Å². The van der Waals surface area contributed by atoms with Gasteiger partial charge < -0.3 is 0 Å². The highest BCUT2D eigenvalue weighted by Crippen LogP contribution is 2.25. The van der Waals surface area contributed by atoms with Gasteiger partial charge in [-0.05, 0) is 17.4 Å². The maximum Gasteiger partial charge on any atom is 0.0291 e. The van der Waals surface area contributed by atoms with E-state index in [1.165, 1.54) is 5.56 Å². The second-order valence-corrected chi connectivity index (χ2v) is 4.27. The lowest BCUT2D eigenvalue weighted by molar-refractivity contribution is 0.425. The van der Waals surface area contributed by atoms with Gasteiger partial charge in [0.15, 0.2) is 0 Å². The average molecular weight is 217 g/mol. The summed E-state index contributed by atoms with van der Waals surface area (Å²) >= 11 is 11.7. The highest BCUT2D eigenvalue weighted by atomic mass is 35.5. The van der Waals surface area contributed by atoms with Gasteiger partial charge in [0.25, 0.3) is 0 Å². The first kappa shape index (κ1) is 10.9. The predicted octanol–water partition coefficient (Wildman–Crippen LogP) is 3.71. The quantitative estimate of drug-likeness (QED) is 0.674. The molecule has 0 N–H and O–H groups in total. The minimum Gasteiger partial charge on any atom is -0.126 e. The fraction of sp³-hybridized carbons (Fsp3) is 0.455. The molecule has 0 amide bonds. The molecule has 0 aliphatic rings. The Morgan fingerprint density at radius 1 is 1.08 bits per heavy atom. The summed E-state index contributed by atoms with van der Waals surface area (Å²) < 4.78 is 0. The third-order valence-corrected chi connectivity index (χ3v) is 3.41. The SMILES string of the molecule is CC(CCl)(CCl)Cc1ccccc1. The molecule has 0 radical (unpaired) electrons. The molecule has 0 fully saturated rings. The predicted molar refractivity (Wildman–Crippen MR) is 59.7 cm³/mol. The molecule has 0 spiro atoms. The molecule has 1 aromatic rings. The van der Waals surface area contributed by atoms with Crippen LogP contribution in [0.15, 0.2) is 30.3 Å². The van der Waals surface area contributed by atoms with Crippen LogP contribution in [-0.2, 0) is 6.42 Å². The lowest BCUT2D eigenvalue weighted by Gasteiger charge is -2.24. The molecule has 13 heavy (non-hydrogen) atoms. The molecule has 0 saturated carbocycles. The zero-order valence-electron chi connectivity index (χ0n) is 7.76. The first-order valence-electron chi connectivity index (χ1n) is 4.36. The molecule has 0 aliphatic heterocycles. The van der Waals surface area contributed by atoms with Crippen LogP contribution in [0.4, 0.5) is 0 Å². The van der Waals surface area contributed by atoms with E-state index >= 15 is 0 Å². The van der Waals surface area contributed by atoms with Crippen molar-refractivity contribution in [2.75, 3.05) is 11.8 Å². The van der Waals surface area contributed by atoms with Crippen molar-refractivity contribution < 1.29 is 0 Å². The highest BCUT2D eigenvalue weighted by molar-refractivity contribution is 6.21. The number of benzene rings is 1. The first-order valence-corrected chi connectivity index (χ1v) is 5.43. The summed E-state index contributed by atoms with van der Waals surface area (Å²) in [7, 11) is 0. The van der Waals surface area contributed by atoms with Crippen molar-refractivity contribution in [2.24, 2.45) is 5.41 Å². The molecular weight excluding hydrogens is 203 g/mol. The Kier molecular flexibility index (Phi) is 4.08. The van der Waals surface area contributed by atoms with Crippen LogP contribution in [0.2, 0.25) is 0 Å². The molecule has 0 heterocycles. The van der Waals surface area contributed by atoms with Crippen molar-refractivity contribution in [1.82, 2.24) is 0 Å². The van der Waals surface area contributed by atoms with E-state index in [1.54, 1.807) is 0 Å². The summed E-state index contributed by atoms with van der Waals surface area (Å²) in [6.45, 7) is 2.11. The fourth-order valence-corrected chi connectivity index (χ4v) is 1.69. The van der Waals surface area contributed by atoms with Crippen molar-refractivity contribution >= 4 is 23.2 Å². The van der Waals surface area contributed by atoms with Gasteiger partial charge in [-0.2, -0.15) is 0 Å². The van der Waals surface area contributed by atoms with Gasteiger partial charge in [0, 0.05) is 11.8 Å². The van der Waals surface area contributed by atoms with E-state index in [4.69, 9.17) is 23.2 Å². The van der Waals surface area contributed by atoms with Gasteiger partial charge in [-0.3, -0.25) is 0 Å². The standard InChI is InChI=1S/C11H14Cl2/c1-11(8-12,9-13)7-10-5-3-2-4-6-10/h2-6H,7-9H2,1H3. The van der Waals surface area contributed by atoms with E-state index < -0.39 is 0 Å². The second-order valence-electron chi connectivity index (χ2n) is 3.74. The number of rotatable bonds is 4. The molecule has 0 saturated heterocycles. The summed E-state index contributed by atoms with van der Waals surface area (Å²) in [5.41, 5.74) is 1.32. The molecular formula is C11H14Cl2. The minimum atomic E-state index is 0.0183. The Morgan fingerprint density at radius 3 is 2.08 bits per heavy atom. The van der Waals surface area contributed by atoms with E-state index in [0.717, 1.165) is 6.42 Å². The van der Waals surface area contributed by atoms with Crippen LogP contribution in [-0.4, -0.2) is 11.8 Å². The Bertz CT molecular complexity index is 240. The van der Waals surface area contributed by atoms with Crippen LogP contribution in [0.3, 0.4) is 0 Å². The molecule has 0 aliphatic carbocycles. The summed E-state index contributed by atoms with van der Waals surface area (Å²) in [6.07, 6.45) is 0.945. The van der Waals surface area contributed by atoms with E-state index in [9.17, 15) is 0 Å². The minimum absolute atomic E-state index is 0.0183. The smallest absolute Gasteiger partial charge is 0.0291 e. The fourth-order valence-electron chi connectivity index (χ4n) is 1.22. The zero-order chi connectivity index (χ0) is 9.73. The highest BCUT2D eigenvalue weighted by Gasteiger charge is 2.22. The number of halogens is 2. The monoisotopic (exact) mass is 216 g/mol. The molecule has 0 aromatic heterocycles. The van der Waals surface area contributed by atoms with Crippen molar-refractivity contribution in [2.45, 2.75) is 13.3 Å². The molecule has 0 atom stereocenters. The maximum absolute atomic E-state index is 5.87. The van der Waals surface area contributed by atoms with Crippen molar-refractivity contribution in [3.8, 4) is 0 Å². The van der Waals surface area contributed by atoms with Gasteiger partial charge in [-0.15, -0.1) is 23.2 Å². The Labute approximate surface area is 89.9 Å². The number of alkyl halides is 2. The van der Waals surface area contributed by atoms with Crippen molar-refractivity contribution in [3.05, 3.63) is 35.9 Å². The van der Waals surface area contributed by atoms with E-state index in [0.29, 0.717) is 11.8 Å². The van der Waals surface area contributed by atoms with E-state index in [2.05, 4.69) is 19.1 Å². The lowest BCUT2D eigenvalue weighted by Crippen LogP contribution is -2.23. The van der Waals surface area contributed by atoms with Gasteiger partial charge in [-0.1, -0.05) is 37.3 Å². The van der Waals surface area contributed by atoms with Gasteiger partial charge >= 0.3 is 0 Å². The van der Waals surface area contributed by atoms with Crippen molar-refractivity contribution in [1.29, 1.82) is 0 Å². The van der Waals surface area contributed by atoms with Gasteiger partial charge in [0.2, 0.25) is 0 Å². The second kappa shape index (κ2) is 4.88. The number of hydrogen-bond acceptors (Lipinski definition) is 0. The lowest BCUT2D eigenvalue weighted by atomic mass is 9.88. The normalized spacial score (nSPS) is 11.6. The van der Waals surface area contributed by atoms with E-state index in [1.807, 2.05) is 18.2 Å². The topological polar surface area (TPSA) is 0 Å². The molecule has 0 nitrogen and oxygen atoms in total. The molecule has 0 bridgehead atoms. The van der Waals surface area contributed by atoms with Crippen LogP contribution >= 0.6 is 23.2 Å². The van der Waals surface area contributed by atoms with Crippen LogP contribution in [0, 0.1) is 5.41 Å². The van der Waals surface area contributed by atoms with Gasteiger partial charge in [0.1, 0.15) is 0 Å². The van der Waals surface area contributed by atoms with Crippen molar-refractivity contribution in [3.63, 3.8) is 0 Å². The molecule has 1 aromatic carbocycles. The number of hydrogen-bond donors (Lipinski definition) is 0. The Morgan fingerprint density at radius 2 is 1.62 bits per heavy atom. The molecule has 2 heteroatoms. The summed E-state index contributed by atoms with van der Waals surface area (Å²) in [5, 5.41) is 0. The third-order valence-electron chi connectivity index (χ3n) is 2.12. The van der Waals surface area contributed by atoms with Crippen LogP contribution < -0.4 is 0 Å². The first-order chi connectivity index (χ1) is 6.20. The van der Waals surface area contributed by atoms with Gasteiger partial charge in [0.05, 0.1) is 0 Å². The maximum atomic E-state index is 5.87. The Balaban J connectivity index is 2.68. The zero-order valence-corrected chi connectivity index (χ0v) is 9.28. The van der Waals surface area contributed by atoms with Gasteiger partial charge in [-0.25, -0.2) is 0 Å².